The molecule has 0 aliphatic heterocycles. The van der Waals surface area contributed by atoms with Gasteiger partial charge in [0.2, 0.25) is 0 Å². The molecule has 0 atom stereocenters. The first kappa shape index (κ1) is 17.5. The maximum atomic E-state index is 12.4. The first-order valence-electron chi connectivity index (χ1n) is 6.97. The van der Waals surface area contributed by atoms with Gasteiger partial charge in [-0.25, -0.2) is 0 Å². The molecular formula is C17H24O3Si. The summed E-state index contributed by atoms with van der Waals surface area (Å²) in [4.78, 5) is 12.4. The van der Waals surface area contributed by atoms with Crippen molar-refractivity contribution in [2.24, 2.45) is 0 Å². The zero-order valence-electron chi connectivity index (χ0n) is 13.7. The summed E-state index contributed by atoms with van der Waals surface area (Å²) in [5.41, 5.74) is 0.774. The Kier molecular flexibility index (Phi) is 5.76. The lowest BCUT2D eigenvalue weighted by Gasteiger charge is -2.33. The van der Waals surface area contributed by atoms with Crippen molar-refractivity contribution in [3.05, 3.63) is 29.8 Å². The van der Waals surface area contributed by atoms with Crippen LogP contribution < -0.4 is 4.74 Å². The van der Waals surface area contributed by atoms with Crippen molar-refractivity contribution >= 4 is 13.5 Å². The molecule has 3 nitrogen and oxygen atoms in total. The van der Waals surface area contributed by atoms with Gasteiger partial charge in [0.25, 0.3) is 0 Å². The maximum Gasteiger partial charge on any atom is 0.188 e. The number of hydrogen-bond acceptors (Lipinski definition) is 3. The van der Waals surface area contributed by atoms with Gasteiger partial charge in [-0.3, -0.25) is 4.79 Å². The first-order chi connectivity index (χ1) is 9.68. The Hall–Kier alpha value is -1.57. The molecule has 0 aromatic heterocycles. The van der Waals surface area contributed by atoms with Crippen LogP contribution in [0.1, 0.15) is 26.3 Å². The highest BCUT2D eigenvalue weighted by Crippen LogP contribution is 2.36. The molecule has 0 saturated carbocycles. The third kappa shape index (κ3) is 4.73. The van der Waals surface area contributed by atoms with Gasteiger partial charge in [-0.15, -0.1) is 0 Å². The van der Waals surface area contributed by atoms with E-state index >= 15 is 0 Å². The molecule has 0 saturated heterocycles. The first-order valence-corrected chi connectivity index (χ1v) is 9.97. The lowest BCUT2D eigenvalue weighted by atomic mass is 10.2. The summed E-state index contributed by atoms with van der Waals surface area (Å²) < 4.78 is 10.2. The molecule has 0 amide bonds. The highest BCUT2D eigenvalue weighted by Gasteiger charge is 2.41. The van der Waals surface area contributed by atoms with E-state index in [0.29, 0.717) is 5.75 Å². The Bertz CT molecular complexity index is 559. The van der Waals surface area contributed by atoms with Crippen molar-refractivity contribution in [2.75, 3.05) is 13.9 Å². The maximum absolute atomic E-state index is 12.4. The zero-order valence-corrected chi connectivity index (χ0v) is 14.7. The van der Waals surface area contributed by atoms with Crippen molar-refractivity contribution in [1.82, 2.24) is 0 Å². The van der Waals surface area contributed by atoms with Crippen LogP contribution in [0.4, 0.5) is 0 Å². The third-order valence-electron chi connectivity index (χ3n) is 3.94. The molecule has 0 aliphatic carbocycles. The summed E-state index contributed by atoms with van der Waals surface area (Å²) in [5.74, 6) is 6.45. The molecule has 0 radical (unpaired) electrons. The molecule has 0 N–H and O–H groups in total. The fourth-order valence-electron chi connectivity index (χ4n) is 1.42. The second kappa shape index (κ2) is 6.93. The summed E-state index contributed by atoms with van der Waals surface area (Å²) >= 11 is 0. The third-order valence-corrected chi connectivity index (χ3v) is 8.95. The summed E-state index contributed by atoms with van der Waals surface area (Å²) in [7, 11) is -0.490. The number of rotatable bonds is 4. The summed E-state index contributed by atoms with van der Waals surface area (Å²) in [5, 5.41) is 0.0838. The quantitative estimate of drug-likeness (QED) is 0.484. The minimum Gasteiger partial charge on any atom is -0.468 e. The second-order valence-electron chi connectivity index (χ2n) is 6.53. The van der Waals surface area contributed by atoms with Crippen molar-refractivity contribution in [1.29, 1.82) is 0 Å². The van der Waals surface area contributed by atoms with E-state index in [0.717, 1.165) is 5.56 Å². The van der Waals surface area contributed by atoms with E-state index in [-0.39, 0.29) is 17.2 Å². The Balaban J connectivity index is 2.90. The number of ether oxygens (including phenoxy) is 2. The molecule has 1 rings (SSSR count). The van der Waals surface area contributed by atoms with Gasteiger partial charge in [-0.05, 0) is 29.2 Å². The highest BCUT2D eigenvalue weighted by molar-refractivity contribution is 7.08. The number of benzene rings is 1. The normalized spacial score (nSPS) is 11.5. The van der Waals surface area contributed by atoms with E-state index in [4.69, 9.17) is 9.47 Å². The van der Waals surface area contributed by atoms with Crippen molar-refractivity contribution < 1.29 is 14.3 Å². The van der Waals surface area contributed by atoms with Crippen LogP contribution in [0.3, 0.4) is 0 Å². The Morgan fingerprint density at radius 2 is 1.95 bits per heavy atom. The van der Waals surface area contributed by atoms with Crippen LogP contribution in [-0.4, -0.2) is 27.4 Å². The van der Waals surface area contributed by atoms with Crippen molar-refractivity contribution in [3.63, 3.8) is 0 Å². The average molecular weight is 304 g/mol. The number of methoxy groups -OCH3 is 1. The van der Waals surface area contributed by atoms with E-state index in [1.807, 2.05) is 24.3 Å². The van der Waals surface area contributed by atoms with Crippen LogP contribution >= 0.6 is 0 Å². The predicted molar refractivity (Wildman–Crippen MR) is 88.0 cm³/mol. The largest absolute Gasteiger partial charge is 0.468 e. The van der Waals surface area contributed by atoms with Gasteiger partial charge < -0.3 is 9.47 Å². The lowest BCUT2D eigenvalue weighted by molar-refractivity contribution is -0.108. The molecule has 0 fully saturated rings. The molecule has 1 aromatic rings. The van der Waals surface area contributed by atoms with Crippen LogP contribution in [-0.2, 0) is 9.53 Å². The Labute approximate surface area is 128 Å². The standard InChI is InChI=1S/C17H24O3Si/c1-17(2,3)21(5,6)16(18)11-10-14-8-7-9-15(12-14)20-13-19-4/h7-9,12H,13H2,1-6H3. The highest BCUT2D eigenvalue weighted by atomic mass is 28.3. The summed E-state index contributed by atoms with van der Waals surface area (Å²) in [6.45, 7) is 10.7. The minimum atomic E-state index is -2.06. The van der Waals surface area contributed by atoms with Gasteiger partial charge in [0.15, 0.2) is 12.2 Å². The van der Waals surface area contributed by atoms with Crippen molar-refractivity contribution in [3.8, 4) is 17.6 Å². The van der Waals surface area contributed by atoms with Gasteiger partial charge in [0.1, 0.15) is 13.8 Å². The minimum absolute atomic E-state index is 0.00217. The fraction of sp³-hybridized carbons (Fsp3) is 0.471. The summed E-state index contributed by atoms with van der Waals surface area (Å²) in [6, 6.07) is 7.36. The van der Waals surface area contributed by atoms with Crippen molar-refractivity contribution in [2.45, 2.75) is 38.9 Å². The molecule has 0 unspecified atom stereocenters. The van der Waals surface area contributed by atoms with E-state index in [2.05, 4.69) is 45.7 Å². The number of hydrogen-bond donors (Lipinski definition) is 0. The molecule has 1 aromatic carbocycles. The zero-order chi connectivity index (χ0) is 16.1. The molecular weight excluding hydrogens is 280 g/mol. The van der Waals surface area contributed by atoms with Crippen LogP contribution in [0.25, 0.3) is 0 Å². The topological polar surface area (TPSA) is 35.5 Å². The van der Waals surface area contributed by atoms with E-state index in [1.54, 1.807) is 7.11 Å². The van der Waals surface area contributed by atoms with Crippen LogP contribution in [0.5, 0.6) is 5.75 Å². The van der Waals surface area contributed by atoms with Gasteiger partial charge in [0.05, 0.1) is 0 Å². The van der Waals surface area contributed by atoms with Crippen LogP contribution in [0.2, 0.25) is 18.1 Å². The van der Waals surface area contributed by atoms with Gasteiger partial charge >= 0.3 is 0 Å². The van der Waals surface area contributed by atoms with Crippen LogP contribution in [0, 0.1) is 11.8 Å². The smallest absolute Gasteiger partial charge is 0.188 e. The van der Waals surface area contributed by atoms with Gasteiger partial charge in [-0.1, -0.05) is 45.9 Å². The van der Waals surface area contributed by atoms with Gasteiger partial charge in [0, 0.05) is 12.7 Å². The van der Waals surface area contributed by atoms with Crippen LogP contribution in [0.15, 0.2) is 24.3 Å². The molecule has 0 aliphatic rings. The number of carbonyl (C=O) groups is 1. The number of carbonyl (C=O) groups excluding carboxylic acids is 1. The van der Waals surface area contributed by atoms with Gasteiger partial charge in [-0.2, -0.15) is 0 Å². The second-order valence-corrected chi connectivity index (χ2v) is 11.7. The summed E-state index contributed by atoms with van der Waals surface area (Å²) in [6.07, 6.45) is 0. The van der Waals surface area contributed by atoms with E-state index in [9.17, 15) is 4.79 Å². The molecule has 21 heavy (non-hydrogen) atoms. The average Bonchev–Trinajstić information content (AvgIpc) is 2.41. The molecule has 0 spiro atoms. The Morgan fingerprint density at radius 3 is 2.52 bits per heavy atom. The SMILES string of the molecule is COCOc1cccc(C#CC(=O)[Si](C)(C)C(C)(C)C)c1. The molecule has 0 heterocycles. The predicted octanol–water partition coefficient (Wildman–Crippen LogP) is 3.64. The monoisotopic (exact) mass is 304 g/mol. The van der Waals surface area contributed by atoms with E-state index in [1.165, 1.54) is 0 Å². The molecule has 4 heteroatoms. The fourth-order valence-corrected chi connectivity index (χ4v) is 2.47. The lowest BCUT2D eigenvalue weighted by Crippen LogP contribution is -2.45. The Morgan fingerprint density at radius 1 is 1.29 bits per heavy atom. The molecule has 0 bridgehead atoms. The molecule has 114 valence electrons. The van der Waals surface area contributed by atoms with E-state index < -0.39 is 8.07 Å².